The molecule has 0 atom stereocenters. The molecule has 0 unspecified atom stereocenters. The van der Waals surface area contributed by atoms with E-state index in [0.29, 0.717) is 12.2 Å². The molecule has 1 fully saturated rings. The summed E-state index contributed by atoms with van der Waals surface area (Å²) in [6.45, 7) is 0.355. The van der Waals surface area contributed by atoms with Crippen molar-refractivity contribution in [1.82, 2.24) is 9.88 Å². The number of nitrogens with zero attached hydrogens (tertiary/aromatic N) is 2. The van der Waals surface area contributed by atoms with Crippen molar-refractivity contribution in [1.29, 1.82) is 0 Å². The smallest absolute Gasteiger partial charge is 0.273 e. The molecule has 2 aromatic rings. The second-order valence-electron chi connectivity index (χ2n) is 6.33. The molecule has 1 aliphatic carbocycles. The van der Waals surface area contributed by atoms with Gasteiger partial charge in [0.05, 0.1) is 18.3 Å². The Balaban J connectivity index is 1.76. The van der Waals surface area contributed by atoms with Crippen LogP contribution in [-0.4, -0.2) is 47.2 Å². The Bertz CT molecular complexity index is 723. The van der Waals surface area contributed by atoms with Gasteiger partial charge in [-0.3, -0.25) is 4.79 Å². The molecule has 3 rings (SSSR count). The minimum atomic E-state index is -0.744. The zero-order chi connectivity index (χ0) is 17.2. The molecule has 1 aliphatic rings. The number of thiazole rings is 1. The van der Waals surface area contributed by atoms with E-state index in [1.165, 1.54) is 11.3 Å². The van der Waals surface area contributed by atoms with Crippen LogP contribution in [-0.2, 0) is 0 Å². The van der Waals surface area contributed by atoms with E-state index in [1.54, 1.807) is 24.4 Å². The van der Waals surface area contributed by atoms with Crippen molar-refractivity contribution in [3.63, 3.8) is 0 Å². The van der Waals surface area contributed by atoms with Gasteiger partial charge < -0.3 is 14.7 Å². The molecule has 128 valence electrons. The molecule has 0 radical (unpaired) electrons. The third kappa shape index (κ3) is 3.44. The van der Waals surface area contributed by atoms with Crippen molar-refractivity contribution in [2.45, 2.75) is 31.3 Å². The average Bonchev–Trinajstić information content (AvgIpc) is 3.23. The van der Waals surface area contributed by atoms with Gasteiger partial charge in [0.1, 0.15) is 16.5 Å². The van der Waals surface area contributed by atoms with Crippen LogP contribution in [0.25, 0.3) is 10.6 Å². The highest BCUT2D eigenvalue weighted by Gasteiger charge is 2.34. The van der Waals surface area contributed by atoms with Gasteiger partial charge in [0.25, 0.3) is 5.91 Å². The Kier molecular flexibility index (Phi) is 4.87. The van der Waals surface area contributed by atoms with E-state index in [9.17, 15) is 9.90 Å². The van der Waals surface area contributed by atoms with Gasteiger partial charge in [0.15, 0.2) is 0 Å². The maximum absolute atomic E-state index is 12.6. The molecule has 0 bridgehead atoms. The van der Waals surface area contributed by atoms with E-state index < -0.39 is 5.60 Å². The van der Waals surface area contributed by atoms with Gasteiger partial charge in [-0.15, -0.1) is 11.3 Å². The number of benzene rings is 1. The zero-order valence-electron chi connectivity index (χ0n) is 14.0. The highest BCUT2D eigenvalue weighted by Crippen LogP contribution is 2.33. The van der Waals surface area contributed by atoms with Crippen molar-refractivity contribution in [2.24, 2.45) is 0 Å². The highest BCUT2D eigenvalue weighted by molar-refractivity contribution is 7.13. The number of rotatable bonds is 5. The number of para-hydroxylation sites is 1. The zero-order valence-corrected chi connectivity index (χ0v) is 14.8. The summed E-state index contributed by atoms with van der Waals surface area (Å²) in [5.41, 5.74) is 0.539. The number of hydrogen-bond acceptors (Lipinski definition) is 5. The maximum atomic E-state index is 12.6. The summed E-state index contributed by atoms with van der Waals surface area (Å²) in [6, 6.07) is 7.62. The van der Waals surface area contributed by atoms with Gasteiger partial charge >= 0.3 is 0 Å². The topological polar surface area (TPSA) is 62.7 Å². The molecule has 1 N–H and O–H groups in total. The van der Waals surface area contributed by atoms with Gasteiger partial charge in [-0.25, -0.2) is 4.98 Å². The number of carbonyl (C=O) groups excluding carboxylic acids is 1. The number of carbonyl (C=O) groups is 1. The molecule has 0 aliphatic heterocycles. The Hall–Kier alpha value is -1.92. The lowest BCUT2D eigenvalue weighted by atomic mass is 10.0. The van der Waals surface area contributed by atoms with Gasteiger partial charge in [0.2, 0.25) is 0 Å². The van der Waals surface area contributed by atoms with Crippen LogP contribution in [0, 0.1) is 0 Å². The molecule has 1 aromatic carbocycles. The lowest BCUT2D eigenvalue weighted by Gasteiger charge is -2.28. The Labute approximate surface area is 145 Å². The van der Waals surface area contributed by atoms with Crippen LogP contribution in [0.1, 0.15) is 36.2 Å². The molecule has 1 amide bonds. The first kappa shape index (κ1) is 16.9. The van der Waals surface area contributed by atoms with Gasteiger partial charge in [-0.05, 0) is 25.0 Å². The first-order valence-electron chi connectivity index (χ1n) is 8.09. The summed E-state index contributed by atoms with van der Waals surface area (Å²) in [7, 11) is 3.34. The molecule has 1 heterocycles. The van der Waals surface area contributed by atoms with E-state index in [4.69, 9.17) is 4.74 Å². The minimum Gasteiger partial charge on any atom is -0.496 e. The van der Waals surface area contributed by atoms with E-state index in [-0.39, 0.29) is 5.91 Å². The Morgan fingerprint density at radius 1 is 1.38 bits per heavy atom. The largest absolute Gasteiger partial charge is 0.496 e. The fourth-order valence-corrected chi connectivity index (χ4v) is 4.04. The minimum absolute atomic E-state index is 0.160. The van der Waals surface area contributed by atoms with E-state index in [0.717, 1.165) is 42.0 Å². The number of aliphatic hydroxyl groups is 1. The standard InChI is InChI=1S/C18H22N2O3S/c1-20(12-18(22)9-5-6-10-18)17(21)14-11-24-16(19-14)13-7-3-4-8-15(13)23-2/h3-4,7-8,11,22H,5-6,9-10,12H2,1-2H3. The molecule has 1 aromatic heterocycles. The highest BCUT2D eigenvalue weighted by atomic mass is 32.1. The van der Waals surface area contributed by atoms with Crippen molar-refractivity contribution in [3.05, 3.63) is 35.3 Å². The number of likely N-dealkylation sites (N-methyl/N-ethyl adjacent to an activating group) is 1. The number of ether oxygens (including phenoxy) is 1. The molecule has 0 saturated heterocycles. The van der Waals surface area contributed by atoms with Gasteiger partial charge in [0, 0.05) is 19.0 Å². The van der Waals surface area contributed by atoms with Crippen molar-refractivity contribution in [3.8, 4) is 16.3 Å². The molecule has 6 heteroatoms. The lowest BCUT2D eigenvalue weighted by molar-refractivity contribution is 0.0155. The Morgan fingerprint density at radius 2 is 2.08 bits per heavy atom. The summed E-state index contributed by atoms with van der Waals surface area (Å²) in [6.07, 6.45) is 3.56. The normalized spacial score (nSPS) is 16.1. The van der Waals surface area contributed by atoms with Crippen LogP contribution in [0.5, 0.6) is 5.75 Å². The molecule has 24 heavy (non-hydrogen) atoms. The number of hydrogen-bond donors (Lipinski definition) is 1. The van der Waals surface area contributed by atoms with Gasteiger partial charge in [-0.1, -0.05) is 25.0 Å². The second kappa shape index (κ2) is 6.91. The third-order valence-corrected chi connectivity index (χ3v) is 5.35. The van der Waals surface area contributed by atoms with E-state index in [2.05, 4.69) is 4.98 Å². The quantitative estimate of drug-likeness (QED) is 0.903. The summed E-state index contributed by atoms with van der Waals surface area (Å²) in [5.74, 6) is 0.576. The van der Waals surface area contributed by atoms with Crippen LogP contribution in [0.15, 0.2) is 29.6 Å². The van der Waals surface area contributed by atoms with Crippen LogP contribution in [0.4, 0.5) is 0 Å². The Morgan fingerprint density at radius 3 is 2.79 bits per heavy atom. The van der Waals surface area contributed by atoms with Crippen molar-refractivity contribution in [2.75, 3.05) is 20.7 Å². The number of methoxy groups -OCH3 is 1. The second-order valence-corrected chi connectivity index (χ2v) is 7.19. The molecular weight excluding hydrogens is 324 g/mol. The number of aromatic nitrogens is 1. The predicted octanol–water partition coefficient (Wildman–Crippen LogP) is 3.20. The fraction of sp³-hybridized carbons (Fsp3) is 0.444. The van der Waals surface area contributed by atoms with E-state index >= 15 is 0 Å². The lowest BCUT2D eigenvalue weighted by Crippen LogP contribution is -2.42. The fourth-order valence-electron chi connectivity index (χ4n) is 3.22. The molecule has 0 spiro atoms. The first-order chi connectivity index (χ1) is 11.5. The first-order valence-corrected chi connectivity index (χ1v) is 8.97. The predicted molar refractivity (Wildman–Crippen MR) is 94.5 cm³/mol. The van der Waals surface area contributed by atoms with Crippen LogP contribution in [0.3, 0.4) is 0 Å². The third-order valence-electron chi connectivity index (χ3n) is 4.47. The van der Waals surface area contributed by atoms with Crippen LogP contribution >= 0.6 is 11.3 Å². The SMILES string of the molecule is COc1ccccc1-c1nc(C(=O)N(C)CC2(O)CCCC2)cs1. The number of amides is 1. The molecule has 1 saturated carbocycles. The van der Waals surface area contributed by atoms with Crippen LogP contribution in [0.2, 0.25) is 0 Å². The summed E-state index contributed by atoms with van der Waals surface area (Å²) < 4.78 is 5.36. The maximum Gasteiger partial charge on any atom is 0.273 e. The molecule has 5 nitrogen and oxygen atoms in total. The molecular formula is C18H22N2O3S. The van der Waals surface area contributed by atoms with E-state index in [1.807, 2.05) is 24.3 Å². The monoisotopic (exact) mass is 346 g/mol. The summed E-state index contributed by atoms with van der Waals surface area (Å²) in [5, 5.41) is 13.0. The average molecular weight is 346 g/mol. The van der Waals surface area contributed by atoms with Gasteiger partial charge in [-0.2, -0.15) is 0 Å². The van der Waals surface area contributed by atoms with Crippen molar-refractivity contribution >= 4 is 17.2 Å². The summed E-state index contributed by atoms with van der Waals surface area (Å²) >= 11 is 1.42. The van der Waals surface area contributed by atoms with Crippen LogP contribution < -0.4 is 4.74 Å². The summed E-state index contributed by atoms with van der Waals surface area (Å²) in [4.78, 5) is 18.7. The van der Waals surface area contributed by atoms with Crippen molar-refractivity contribution < 1.29 is 14.6 Å².